The Morgan fingerprint density at radius 1 is 1.33 bits per heavy atom. The van der Waals surface area contributed by atoms with Gasteiger partial charge < -0.3 is 19.7 Å². The van der Waals surface area contributed by atoms with Crippen molar-refractivity contribution < 1.29 is 9.47 Å². The maximum absolute atomic E-state index is 5.88. The van der Waals surface area contributed by atoms with Crippen LogP contribution in [-0.2, 0) is 4.74 Å². The molecule has 0 amide bonds. The SMILES string of the molecule is Cc1cc(OCCC2CCCO2)ccc1N1CCNCC1. The lowest BCUT2D eigenvalue weighted by molar-refractivity contribution is 0.0903. The zero-order valence-electron chi connectivity index (χ0n) is 12.9. The van der Waals surface area contributed by atoms with Crippen molar-refractivity contribution in [3.63, 3.8) is 0 Å². The van der Waals surface area contributed by atoms with Gasteiger partial charge in [-0.15, -0.1) is 0 Å². The minimum atomic E-state index is 0.409. The molecule has 21 heavy (non-hydrogen) atoms. The van der Waals surface area contributed by atoms with Crippen LogP contribution in [0, 0.1) is 6.92 Å². The van der Waals surface area contributed by atoms with Gasteiger partial charge in [0.25, 0.3) is 0 Å². The lowest BCUT2D eigenvalue weighted by Gasteiger charge is -2.30. The van der Waals surface area contributed by atoms with Crippen LogP contribution in [0.5, 0.6) is 5.75 Å². The third kappa shape index (κ3) is 3.89. The number of ether oxygens (including phenoxy) is 2. The minimum Gasteiger partial charge on any atom is -0.493 e. The molecule has 2 aliphatic heterocycles. The van der Waals surface area contributed by atoms with E-state index in [1.54, 1.807) is 0 Å². The fraction of sp³-hybridized carbons (Fsp3) is 0.647. The van der Waals surface area contributed by atoms with Crippen molar-refractivity contribution in [1.29, 1.82) is 0 Å². The average molecular weight is 290 g/mol. The predicted molar refractivity (Wildman–Crippen MR) is 85.3 cm³/mol. The summed E-state index contributed by atoms with van der Waals surface area (Å²) in [6.07, 6.45) is 3.79. The lowest BCUT2D eigenvalue weighted by atomic mass is 10.1. The smallest absolute Gasteiger partial charge is 0.119 e. The molecule has 0 radical (unpaired) electrons. The summed E-state index contributed by atoms with van der Waals surface area (Å²) in [4.78, 5) is 2.45. The van der Waals surface area contributed by atoms with Crippen molar-refractivity contribution in [1.82, 2.24) is 5.32 Å². The van der Waals surface area contributed by atoms with Gasteiger partial charge >= 0.3 is 0 Å². The first-order valence-electron chi connectivity index (χ1n) is 8.13. The second-order valence-electron chi connectivity index (χ2n) is 5.96. The van der Waals surface area contributed by atoms with Crippen molar-refractivity contribution in [2.45, 2.75) is 32.3 Å². The van der Waals surface area contributed by atoms with Crippen LogP contribution >= 0.6 is 0 Å². The first-order valence-corrected chi connectivity index (χ1v) is 8.13. The Morgan fingerprint density at radius 3 is 2.90 bits per heavy atom. The van der Waals surface area contributed by atoms with E-state index in [9.17, 15) is 0 Å². The summed E-state index contributed by atoms with van der Waals surface area (Å²) in [6, 6.07) is 6.45. The Labute approximate surface area is 127 Å². The summed E-state index contributed by atoms with van der Waals surface area (Å²) >= 11 is 0. The normalized spacial score (nSPS) is 22.5. The molecular weight excluding hydrogens is 264 g/mol. The number of piperazine rings is 1. The van der Waals surface area contributed by atoms with E-state index in [1.165, 1.54) is 24.1 Å². The summed E-state index contributed by atoms with van der Waals surface area (Å²) in [6.45, 7) is 8.14. The molecule has 1 aromatic carbocycles. The standard InChI is InChI=1S/C17H26N2O2/c1-14-13-16(21-12-6-15-3-2-11-20-15)4-5-17(14)19-9-7-18-8-10-19/h4-5,13,15,18H,2-3,6-12H2,1H3. The van der Waals surface area contributed by atoms with Gasteiger partial charge in [-0.3, -0.25) is 0 Å². The molecule has 1 atom stereocenters. The highest BCUT2D eigenvalue weighted by Gasteiger charge is 2.16. The molecule has 1 aromatic rings. The topological polar surface area (TPSA) is 33.7 Å². The molecule has 2 heterocycles. The van der Waals surface area contributed by atoms with Gasteiger partial charge in [-0.1, -0.05) is 0 Å². The van der Waals surface area contributed by atoms with Crippen LogP contribution in [0.4, 0.5) is 5.69 Å². The summed E-state index contributed by atoms with van der Waals surface area (Å²) in [5.41, 5.74) is 2.63. The fourth-order valence-electron chi connectivity index (χ4n) is 3.16. The van der Waals surface area contributed by atoms with Gasteiger partial charge in [-0.05, 0) is 43.5 Å². The van der Waals surface area contributed by atoms with Gasteiger partial charge in [0.15, 0.2) is 0 Å². The molecule has 1 unspecified atom stereocenters. The van der Waals surface area contributed by atoms with E-state index in [1.807, 2.05) is 0 Å². The predicted octanol–water partition coefficient (Wildman–Crippen LogP) is 2.35. The number of rotatable bonds is 5. The summed E-state index contributed by atoms with van der Waals surface area (Å²) < 4.78 is 11.5. The van der Waals surface area contributed by atoms with E-state index in [4.69, 9.17) is 9.47 Å². The maximum atomic E-state index is 5.88. The van der Waals surface area contributed by atoms with Crippen LogP contribution in [0.15, 0.2) is 18.2 Å². The van der Waals surface area contributed by atoms with E-state index < -0.39 is 0 Å². The van der Waals surface area contributed by atoms with Crippen LogP contribution in [0.3, 0.4) is 0 Å². The van der Waals surface area contributed by atoms with Crippen LogP contribution < -0.4 is 15.0 Å². The second-order valence-corrected chi connectivity index (χ2v) is 5.96. The number of benzene rings is 1. The number of hydrogen-bond acceptors (Lipinski definition) is 4. The van der Waals surface area contributed by atoms with Crippen molar-refractivity contribution in [3.8, 4) is 5.75 Å². The molecular formula is C17H26N2O2. The van der Waals surface area contributed by atoms with E-state index in [-0.39, 0.29) is 0 Å². The van der Waals surface area contributed by atoms with Crippen molar-refractivity contribution in [3.05, 3.63) is 23.8 Å². The Bertz CT molecular complexity index is 452. The Kier molecular flexibility index (Phi) is 4.99. The third-order valence-corrected chi connectivity index (χ3v) is 4.36. The number of hydrogen-bond donors (Lipinski definition) is 1. The summed E-state index contributed by atoms with van der Waals surface area (Å²) in [7, 11) is 0. The van der Waals surface area contributed by atoms with Gasteiger partial charge in [0.05, 0.1) is 12.7 Å². The largest absolute Gasteiger partial charge is 0.493 e. The zero-order valence-corrected chi connectivity index (χ0v) is 12.9. The average Bonchev–Trinajstić information content (AvgIpc) is 3.02. The van der Waals surface area contributed by atoms with Gasteiger partial charge in [0.1, 0.15) is 5.75 Å². The molecule has 1 N–H and O–H groups in total. The molecule has 0 bridgehead atoms. The number of aryl methyl sites for hydroxylation is 1. The number of nitrogens with one attached hydrogen (secondary N) is 1. The highest BCUT2D eigenvalue weighted by molar-refractivity contribution is 5.56. The molecule has 116 valence electrons. The van der Waals surface area contributed by atoms with Crippen LogP contribution in [0.1, 0.15) is 24.8 Å². The van der Waals surface area contributed by atoms with Crippen LogP contribution in [-0.4, -0.2) is 45.5 Å². The van der Waals surface area contributed by atoms with E-state index in [0.29, 0.717) is 6.10 Å². The minimum absolute atomic E-state index is 0.409. The Balaban J connectivity index is 1.53. The van der Waals surface area contributed by atoms with Gasteiger partial charge in [-0.2, -0.15) is 0 Å². The first-order chi connectivity index (χ1) is 10.3. The first kappa shape index (κ1) is 14.7. The van der Waals surface area contributed by atoms with Crippen LogP contribution in [0.2, 0.25) is 0 Å². The van der Waals surface area contributed by atoms with Gasteiger partial charge in [0, 0.05) is 44.9 Å². The highest BCUT2D eigenvalue weighted by Crippen LogP contribution is 2.25. The molecule has 0 aliphatic carbocycles. The summed E-state index contributed by atoms with van der Waals surface area (Å²) in [5, 5.41) is 3.39. The van der Waals surface area contributed by atoms with Crippen LogP contribution in [0.25, 0.3) is 0 Å². The van der Waals surface area contributed by atoms with Crippen molar-refractivity contribution in [2.75, 3.05) is 44.3 Å². The van der Waals surface area contributed by atoms with E-state index in [0.717, 1.165) is 51.6 Å². The van der Waals surface area contributed by atoms with E-state index in [2.05, 4.69) is 35.3 Å². The molecule has 0 aromatic heterocycles. The molecule has 2 aliphatic rings. The van der Waals surface area contributed by atoms with Gasteiger partial charge in [0.2, 0.25) is 0 Å². The fourth-order valence-corrected chi connectivity index (χ4v) is 3.16. The second kappa shape index (κ2) is 7.14. The molecule has 2 fully saturated rings. The Morgan fingerprint density at radius 2 is 2.19 bits per heavy atom. The van der Waals surface area contributed by atoms with Crippen molar-refractivity contribution in [2.24, 2.45) is 0 Å². The quantitative estimate of drug-likeness (QED) is 0.902. The molecule has 4 nitrogen and oxygen atoms in total. The highest BCUT2D eigenvalue weighted by atomic mass is 16.5. The molecule has 0 spiro atoms. The molecule has 4 heteroatoms. The number of nitrogens with zero attached hydrogens (tertiary/aromatic N) is 1. The number of anilines is 1. The van der Waals surface area contributed by atoms with Crippen molar-refractivity contribution >= 4 is 5.69 Å². The monoisotopic (exact) mass is 290 g/mol. The molecule has 0 saturated carbocycles. The third-order valence-electron chi connectivity index (χ3n) is 4.36. The van der Waals surface area contributed by atoms with Gasteiger partial charge in [-0.25, -0.2) is 0 Å². The van der Waals surface area contributed by atoms with E-state index >= 15 is 0 Å². The molecule has 2 saturated heterocycles. The Hall–Kier alpha value is -1.26. The lowest BCUT2D eigenvalue weighted by Crippen LogP contribution is -2.43. The molecule has 3 rings (SSSR count). The zero-order chi connectivity index (χ0) is 14.5. The summed E-state index contributed by atoms with van der Waals surface area (Å²) in [5.74, 6) is 0.976. The maximum Gasteiger partial charge on any atom is 0.119 e.